The number of carboxylic acid groups (broad SMARTS) is 1. The first-order chi connectivity index (χ1) is 6.66. The van der Waals surface area contributed by atoms with Crippen LogP contribution in [-0.2, 0) is 4.79 Å². The van der Waals surface area contributed by atoms with Crippen LogP contribution in [0.25, 0.3) is 0 Å². The lowest BCUT2D eigenvalue weighted by Crippen LogP contribution is -1.90. The van der Waals surface area contributed by atoms with E-state index in [1.807, 2.05) is 6.92 Å². The van der Waals surface area contributed by atoms with Gasteiger partial charge in [0, 0.05) is 6.08 Å². The number of rotatable bonds is 8. The van der Waals surface area contributed by atoms with E-state index in [0.29, 0.717) is 0 Å². The monoisotopic (exact) mass is 198 g/mol. The predicted molar refractivity (Wildman–Crippen MR) is 59.4 cm³/mol. The second kappa shape index (κ2) is 8.79. The van der Waals surface area contributed by atoms with Gasteiger partial charge in [-0.05, 0) is 19.8 Å². The molecule has 0 aliphatic carbocycles. The Labute approximate surface area is 87.0 Å². The van der Waals surface area contributed by atoms with Crippen molar-refractivity contribution in [3.63, 3.8) is 0 Å². The summed E-state index contributed by atoms with van der Waals surface area (Å²) in [5.41, 5.74) is 0.980. The standard InChI is InChI=1S/C12H22O2/c1-3-4-5-6-7-8-9-11(2)10-12(13)14/h10H,3-9H2,1-2H3,(H,13,14)/b11-10+. The molecule has 2 heteroatoms. The summed E-state index contributed by atoms with van der Waals surface area (Å²) in [6.07, 6.45) is 9.79. The van der Waals surface area contributed by atoms with Gasteiger partial charge in [0.2, 0.25) is 0 Å². The third-order valence-corrected chi connectivity index (χ3v) is 2.29. The van der Waals surface area contributed by atoms with Crippen molar-refractivity contribution in [2.45, 2.75) is 58.8 Å². The van der Waals surface area contributed by atoms with E-state index in [0.717, 1.165) is 18.4 Å². The van der Waals surface area contributed by atoms with E-state index >= 15 is 0 Å². The molecule has 0 atom stereocenters. The fourth-order valence-electron chi connectivity index (χ4n) is 1.47. The van der Waals surface area contributed by atoms with E-state index in [1.54, 1.807) is 0 Å². The van der Waals surface area contributed by atoms with Crippen molar-refractivity contribution in [2.24, 2.45) is 0 Å². The highest BCUT2D eigenvalue weighted by molar-refractivity contribution is 5.80. The van der Waals surface area contributed by atoms with Crippen molar-refractivity contribution in [3.8, 4) is 0 Å². The number of carboxylic acids is 1. The maximum Gasteiger partial charge on any atom is 0.328 e. The molecule has 0 saturated heterocycles. The van der Waals surface area contributed by atoms with Crippen LogP contribution in [-0.4, -0.2) is 11.1 Å². The Morgan fingerprint density at radius 2 is 1.71 bits per heavy atom. The molecule has 0 fully saturated rings. The second-order valence-electron chi connectivity index (χ2n) is 3.85. The van der Waals surface area contributed by atoms with Gasteiger partial charge in [-0.1, -0.05) is 44.6 Å². The van der Waals surface area contributed by atoms with Crippen LogP contribution in [0.1, 0.15) is 58.8 Å². The number of aliphatic carboxylic acids is 1. The average molecular weight is 198 g/mol. The van der Waals surface area contributed by atoms with Gasteiger partial charge in [0.25, 0.3) is 0 Å². The van der Waals surface area contributed by atoms with E-state index in [-0.39, 0.29) is 0 Å². The molecule has 0 heterocycles. The second-order valence-corrected chi connectivity index (χ2v) is 3.85. The number of hydrogen-bond acceptors (Lipinski definition) is 1. The summed E-state index contributed by atoms with van der Waals surface area (Å²) in [5.74, 6) is -0.825. The van der Waals surface area contributed by atoms with Crippen molar-refractivity contribution in [2.75, 3.05) is 0 Å². The number of carbonyl (C=O) groups is 1. The summed E-state index contributed by atoms with van der Waals surface area (Å²) in [5, 5.41) is 8.48. The molecule has 82 valence electrons. The first kappa shape index (κ1) is 13.2. The van der Waals surface area contributed by atoms with Crippen LogP contribution in [0.5, 0.6) is 0 Å². The minimum atomic E-state index is -0.825. The van der Waals surface area contributed by atoms with Crippen molar-refractivity contribution in [1.82, 2.24) is 0 Å². The van der Waals surface area contributed by atoms with E-state index in [4.69, 9.17) is 5.11 Å². The summed E-state index contributed by atoms with van der Waals surface area (Å²) < 4.78 is 0. The first-order valence-electron chi connectivity index (χ1n) is 5.57. The molecule has 0 saturated carbocycles. The van der Waals surface area contributed by atoms with Gasteiger partial charge in [-0.25, -0.2) is 4.79 Å². The molecule has 0 rings (SSSR count). The van der Waals surface area contributed by atoms with E-state index < -0.39 is 5.97 Å². The Kier molecular flexibility index (Phi) is 8.30. The Morgan fingerprint density at radius 1 is 1.14 bits per heavy atom. The number of hydrogen-bond donors (Lipinski definition) is 1. The zero-order chi connectivity index (χ0) is 10.8. The third kappa shape index (κ3) is 9.30. The highest BCUT2D eigenvalue weighted by atomic mass is 16.4. The Bertz CT molecular complexity index is 183. The van der Waals surface area contributed by atoms with Crippen LogP contribution >= 0.6 is 0 Å². The van der Waals surface area contributed by atoms with Gasteiger partial charge in [0.15, 0.2) is 0 Å². The summed E-state index contributed by atoms with van der Waals surface area (Å²) in [7, 11) is 0. The normalized spacial score (nSPS) is 11.7. The van der Waals surface area contributed by atoms with Gasteiger partial charge >= 0.3 is 5.97 Å². The molecule has 0 radical (unpaired) electrons. The average Bonchev–Trinajstić information content (AvgIpc) is 2.10. The lowest BCUT2D eigenvalue weighted by atomic mass is 10.1. The molecular formula is C12H22O2. The summed E-state index contributed by atoms with van der Waals surface area (Å²) in [6, 6.07) is 0. The summed E-state index contributed by atoms with van der Waals surface area (Å²) in [6.45, 7) is 4.10. The Morgan fingerprint density at radius 3 is 2.29 bits per heavy atom. The SMILES string of the molecule is CCCCCCCC/C(C)=C/C(=O)O. The predicted octanol–water partition coefficient (Wildman–Crippen LogP) is 3.77. The Balaban J connectivity index is 3.31. The van der Waals surface area contributed by atoms with Crippen LogP contribution in [0.4, 0.5) is 0 Å². The van der Waals surface area contributed by atoms with Crippen LogP contribution in [0, 0.1) is 0 Å². The maximum atomic E-state index is 10.3. The maximum absolute atomic E-state index is 10.3. The molecule has 2 nitrogen and oxygen atoms in total. The largest absolute Gasteiger partial charge is 0.478 e. The van der Waals surface area contributed by atoms with Crippen LogP contribution in [0.3, 0.4) is 0 Å². The summed E-state index contributed by atoms with van der Waals surface area (Å²) >= 11 is 0. The fraction of sp³-hybridized carbons (Fsp3) is 0.750. The fourth-order valence-corrected chi connectivity index (χ4v) is 1.47. The molecule has 0 aliphatic heterocycles. The number of unbranched alkanes of at least 4 members (excludes halogenated alkanes) is 5. The van der Waals surface area contributed by atoms with Crippen molar-refractivity contribution < 1.29 is 9.90 Å². The molecule has 0 aromatic rings. The zero-order valence-corrected chi connectivity index (χ0v) is 9.38. The number of allylic oxidation sites excluding steroid dienone is 1. The first-order valence-corrected chi connectivity index (χ1v) is 5.57. The zero-order valence-electron chi connectivity index (χ0n) is 9.38. The molecule has 0 aromatic carbocycles. The van der Waals surface area contributed by atoms with Gasteiger partial charge in [0.1, 0.15) is 0 Å². The molecule has 0 unspecified atom stereocenters. The summed E-state index contributed by atoms with van der Waals surface area (Å²) in [4.78, 5) is 10.3. The van der Waals surface area contributed by atoms with Gasteiger partial charge < -0.3 is 5.11 Å². The van der Waals surface area contributed by atoms with Crippen molar-refractivity contribution in [3.05, 3.63) is 11.6 Å². The van der Waals surface area contributed by atoms with Crippen LogP contribution in [0.2, 0.25) is 0 Å². The molecular weight excluding hydrogens is 176 g/mol. The van der Waals surface area contributed by atoms with Crippen molar-refractivity contribution in [1.29, 1.82) is 0 Å². The van der Waals surface area contributed by atoms with Gasteiger partial charge in [-0.2, -0.15) is 0 Å². The molecule has 0 amide bonds. The minimum Gasteiger partial charge on any atom is -0.478 e. The van der Waals surface area contributed by atoms with E-state index in [1.165, 1.54) is 38.2 Å². The molecule has 0 bridgehead atoms. The molecule has 0 aromatic heterocycles. The molecule has 14 heavy (non-hydrogen) atoms. The molecule has 0 aliphatic rings. The lowest BCUT2D eigenvalue weighted by molar-refractivity contribution is -0.131. The smallest absolute Gasteiger partial charge is 0.328 e. The third-order valence-electron chi connectivity index (χ3n) is 2.29. The minimum absolute atomic E-state index is 0.825. The van der Waals surface area contributed by atoms with Crippen molar-refractivity contribution >= 4 is 5.97 Å². The highest BCUT2D eigenvalue weighted by Crippen LogP contribution is 2.10. The topological polar surface area (TPSA) is 37.3 Å². The molecule has 1 N–H and O–H groups in total. The van der Waals surface area contributed by atoms with Gasteiger partial charge in [-0.3, -0.25) is 0 Å². The lowest BCUT2D eigenvalue weighted by Gasteiger charge is -2.00. The van der Waals surface area contributed by atoms with E-state index in [2.05, 4.69) is 6.92 Å². The van der Waals surface area contributed by atoms with Crippen LogP contribution < -0.4 is 0 Å². The van der Waals surface area contributed by atoms with Gasteiger partial charge in [-0.15, -0.1) is 0 Å². The highest BCUT2D eigenvalue weighted by Gasteiger charge is 1.95. The molecule has 0 spiro atoms. The van der Waals surface area contributed by atoms with E-state index in [9.17, 15) is 4.79 Å². The quantitative estimate of drug-likeness (QED) is 0.476. The Hall–Kier alpha value is -0.790. The van der Waals surface area contributed by atoms with Crippen LogP contribution in [0.15, 0.2) is 11.6 Å². The van der Waals surface area contributed by atoms with Gasteiger partial charge in [0.05, 0.1) is 0 Å².